The Bertz CT molecular complexity index is 401. The van der Waals surface area contributed by atoms with Crippen molar-refractivity contribution in [2.24, 2.45) is 16.1 Å². The van der Waals surface area contributed by atoms with Crippen LogP contribution in [-0.4, -0.2) is 23.8 Å². The predicted molar refractivity (Wildman–Crippen MR) is 85.1 cm³/mol. The number of carbonyl (C=O) groups is 1. The normalized spacial score (nSPS) is 25.9. The van der Waals surface area contributed by atoms with Crippen molar-refractivity contribution < 1.29 is 4.79 Å². The van der Waals surface area contributed by atoms with E-state index in [9.17, 15) is 4.79 Å². The van der Waals surface area contributed by atoms with Gasteiger partial charge in [0.05, 0.1) is 6.04 Å². The van der Waals surface area contributed by atoms with Crippen molar-refractivity contribution in [2.75, 3.05) is 0 Å². The number of primary amides is 1. The van der Waals surface area contributed by atoms with E-state index in [-0.39, 0.29) is 11.5 Å². The van der Waals surface area contributed by atoms with E-state index in [1.165, 1.54) is 12.1 Å². The van der Waals surface area contributed by atoms with Crippen LogP contribution in [0.15, 0.2) is 17.1 Å². The zero-order valence-electron chi connectivity index (χ0n) is 13.3. The highest BCUT2D eigenvalue weighted by molar-refractivity contribution is 5.92. The van der Waals surface area contributed by atoms with Gasteiger partial charge in [0.15, 0.2) is 0 Å². The molecule has 0 spiro atoms. The number of aliphatic imine (C=N–C) groups is 1. The lowest BCUT2D eigenvalue weighted by molar-refractivity contribution is 0.243. The second-order valence-corrected chi connectivity index (χ2v) is 6.36. The van der Waals surface area contributed by atoms with E-state index >= 15 is 0 Å². The Morgan fingerprint density at radius 1 is 1.55 bits per heavy atom. The molecular weight excluding hydrogens is 250 g/mol. The molecule has 2 atom stereocenters. The Morgan fingerprint density at radius 2 is 2.20 bits per heavy atom. The third-order valence-electron chi connectivity index (χ3n) is 4.17. The first-order valence-corrected chi connectivity index (χ1v) is 7.59. The van der Waals surface area contributed by atoms with Crippen LogP contribution >= 0.6 is 0 Å². The van der Waals surface area contributed by atoms with Crippen molar-refractivity contribution in [1.82, 2.24) is 5.32 Å². The molecule has 0 aliphatic heterocycles. The molecule has 0 radical (unpaired) electrons. The number of urea groups is 1. The maximum absolute atomic E-state index is 11.2. The van der Waals surface area contributed by atoms with Gasteiger partial charge in [-0.05, 0) is 46.0 Å². The molecule has 114 valence electrons. The smallest absolute Gasteiger partial charge is 0.312 e. The van der Waals surface area contributed by atoms with Gasteiger partial charge in [-0.1, -0.05) is 26.0 Å². The zero-order valence-corrected chi connectivity index (χ0v) is 13.3. The molecule has 20 heavy (non-hydrogen) atoms. The molecule has 3 N–H and O–H groups in total. The average Bonchev–Trinajstić information content (AvgIpc) is 2.67. The summed E-state index contributed by atoms with van der Waals surface area (Å²) in [6, 6.07) is -0.217. The third-order valence-corrected chi connectivity index (χ3v) is 4.17. The summed E-state index contributed by atoms with van der Waals surface area (Å²) in [5, 5.41) is 2.84. The van der Waals surface area contributed by atoms with Gasteiger partial charge in [-0.3, -0.25) is 4.99 Å². The summed E-state index contributed by atoms with van der Waals surface area (Å²) in [4.78, 5) is 16.0. The third kappa shape index (κ3) is 4.36. The Balaban J connectivity index is 2.90. The zero-order chi connectivity index (χ0) is 15.3. The van der Waals surface area contributed by atoms with E-state index < -0.39 is 6.03 Å². The van der Waals surface area contributed by atoms with Gasteiger partial charge in [-0.15, -0.1) is 0 Å². The summed E-state index contributed by atoms with van der Waals surface area (Å²) in [5.74, 6) is 0. The first kappa shape index (κ1) is 16.7. The lowest BCUT2D eigenvalue weighted by Gasteiger charge is -2.31. The van der Waals surface area contributed by atoms with Gasteiger partial charge >= 0.3 is 6.03 Å². The molecule has 1 saturated carbocycles. The molecule has 0 aromatic carbocycles. The number of hydrogen-bond donors (Lipinski definition) is 2. The standard InChI is InChI=1S/C16H29N3O/c1-6-12(4)13(19-15(17)20)10-16(5)9-7-8-14(16)18-11(2)3/h11,13H,4,6-10H2,1-3,5H3,(H3,17,19,20)/b18-14+. The highest BCUT2D eigenvalue weighted by atomic mass is 16.2. The number of nitrogens with two attached hydrogens (primary N) is 1. The average molecular weight is 279 g/mol. The monoisotopic (exact) mass is 279 g/mol. The van der Waals surface area contributed by atoms with Crippen molar-refractivity contribution in [3.63, 3.8) is 0 Å². The SMILES string of the molecule is C=C(CC)C(CC1(C)CCC/C1=N\C(C)C)NC(N)=O. The topological polar surface area (TPSA) is 67.5 Å². The van der Waals surface area contributed by atoms with E-state index in [2.05, 4.69) is 39.6 Å². The van der Waals surface area contributed by atoms with E-state index in [0.29, 0.717) is 6.04 Å². The van der Waals surface area contributed by atoms with Crippen LogP contribution in [0, 0.1) is 5.41 Å². The van der Waals surface area contributed by atoms with Crippen LogP contribution in [0.5, 0.6) is 0 Å². The van der Waals surface area contributed by atoms with Crippen LogP contribution in [-0.2, 0) is 0 Å². The van der Waals surface area contributed by atoms with Gasteiger partial charge in [0.25, 0.3) is 0 Å². The summed E-state index contributed by atoms with van der Waals surface area (Å²) in [6.07, 6.45) is 5.04. The van der Waals surface area contributed by atoms with E-state index in [1.807, 2.05) is 0 Å². The molecular formula is C16H29N3O. The summed E-state index contributed by atoms with van der Waals surface area (Å²) in [6.45, 7) is 12.6. The molecule has 4 nitrogen and oxygen atoms in total. The van der Waals surface area contributed by atoms with Crippen molar-refractivity contribution in [2.45, 2.75) is 71.9 Å². The van der Waals surface area contributed by atoms with Gasteiger partial charge in [0.1, 0.15) is 0 Å². The maximum Gasteiger partial charge on any atom is 0.312 e. The summed E-state index contributed by atoms with van der Waals surface area (Å²) in [7, 11) is 0. The number of rotatable bonds is 6. The maximum atomic E-state index is 11.2. The van der Waals surface area contributed by atoms with Gasteiger partial charge in [-0.2, -0.15) is 0 Å². The Kier molecular flexibility index (Phi) is 5.78. The molecule has 0 aromatic heterocycles. The van der Waals surface area contributed by atoms with E-state index in [0.717, 1.165) is 31.3 Å². The highest BCUT2D eigenvalue weighted by Gasteiger charge is 2.38. The van der Waals surface area contributed by atoms with Gasteiger partial charge in [0.2, 0.25) is 0 Å². The second kappa shape index (κ2) is 6.91. The molecule has 1 rings (SSSR count). The minimum Gasteiger partial charge on any atom is -0.352 e. The van der Waals surface area contributed by atoms with Crippen LogP contribution < -0.4 is 11.1 Å². The minimum absolute atomic E-state index is 0.0511. The molecule has 1 aliphatic rings. The number of amides is 2. The summed E-state index contributed by atoms with van der Waals surface area (Å²) in [5.41, 5.74) is 7.66. The Labute approximate surface area is 122 Å². The number of nitrogens with one attached hydrogen (secondary N) is 1. The van der Waals surface area contributed by atoms with Crippen LogP contribution in [0.3, 0.4) is 0 Å². The molecule has 2 unspecified atom stereocenters. The minimum atomic E-state index is -0.478. The van der Waals surface area contributed by atoms with E-state index in [4.69, 9.17) is 10.7 Å². The van der Waals surface area contributed by atoms with Crippen LogP contribution in [0.4, 0.5) is 4.79 Å². The Morgan fingerprint density at radius 3 is 2.70 bits per heavy atom. The first-order valence-electron chi connectivity index (χ1n) is 7.59. The molecule has 1 aliphatic carbocycles. The first-order chi connectivity index (χ1) is 9.28. The molecule has 0 bridgehead atoms. The highest BCUT2D eigenvalue weighted by Crippen LogP contribution is 2.40. The van der Waals surface area contributed by atoms with Crippen LogP contribution in [0.1, 0.15) is 59.8 Å². The fourth-order valence-corrected chi connectivity index (χ4v) is 3.01. The molecule has 0 saturated heterocycles. The summed E-state index contributed by atoms with van der Waals surface area (Å²) >= 11 is 0. The predicted octanol–water partition coefficient (Wildman–Crippen LogP) is 3.42. The molecule has 2 amide bonds. The largest absolute Gasteiger partial charge is 0.352 e. The molecule has 0 heterocycles. The van der Waals surface area contributed by atoms with Crippen molar-refractivity contribution in [3.05, 3.63) is 12.2 Å². The molecule has 1 fully saturated rings. The fourth-order valence-electron chi connectivity index (χ4n) is 3.01. The lowest BCUT2D eigenvalue weighted by atomic mass is 9.78. The van der Waals surface area contributed by atoms with Crippen molar-refractivity contribution in [1.29, 1.82) is 0 Å². The number of hydrogen-bond acceptors (Lipinski definition) is 2. The van der Waals surface area contributed by atoms with Gasteiger partial charge < -0.3 is 11.1 Å². The Hall–Kier alpha value is -1.32. The van der Waals surface area contributed by atoms with E-state index in [1.54, 1.807) is 0 Å². The van der Waals surface area contributed by atoms with Crippen LogP contribution in [0.2, 0.25) is 0 Å². The van der Waals surface area contributed by atoms with Crippen molar-refractivity contribution >= 4 is 11.7 Å². The summed E-state index contributed by atoms with van der Waals surface area (Å²) < 4.78 is 0. The van der Waals surface area contributed by atoms with Gasteiger partial charge in [-0.25, -0.2) is 4.79 Å². The fraction of sp³-hybridized carbons (Fsp3) is 0.750. The second-order valence-electron chi connectivity index (χ2n) is 6.36. The van der Waals surface area contributed by atoms with Gasteiger partial charge in [0, 0.05) is 17.2 Å². The quantitative estimate of drug-likeness (QED) is 0.719. The number of carbonyl (C=O) groups excluding carboxylic acids is 1. The van der Waals surface area contributed by atoms with Crippen LogP contribution in [0.25, 0.3) is 0 Å². The molecule has 0 aromatic rings. The van der Waals surface area contributed by atoms with Crippen molar-refractivity contribution in [3.8, 4) is 0 Å². The molecule has 4 heteroatoms. The number of nitrogens with zero attached hydrogens (tertiary/aromatic N) is 1. The lowest BCUT2D eigenvalue weighted by Crippen LogP contribution is -2.43.